The summed E-state index contributed by atoms with van der Waals surface area (Å²) in [7, 11) is 0. The molecule has 3 aliphatic heterocycles. The van der Waals surface area contributed by atoms with E-state index in [0.717, 1.165) is 23.5 Å². The van der Waals surface area contributed by atoms with Crippen LogP contribution in [0.2, 0.25) is 5.02 Å². The zero-order chi connectivity index (χ0) is 17.1. The van der Waals surface area contributed by atoms with E-state index in [-0.39, 0.29) is 12.5 Å². The minimum atomic E-state index is -1.30. The number of esters is 2. The second kappa shape index (κ2) is 5.30. The van der Waals surface area contributed by atoms with E-state index in [4.69, 9.17) is 21.1 Å². The monoisotopic (exact) mass is 367 g/mol. The first-order valence-corrected chi connectivity index (χ1v) is 9.46. The Labute approximate surface area is 149 Å². The molecular formula is C17H18ClNO4S. The molecule has 2 saturated heterocycles. The van der Waals surface area contributed by atoms with Gasteiger partial charge in [0.25, 0.3) is 5.79 Å². The molecule has 0 aliphatic carbocycles. The van der Waals surface area contributed by atoms with E-state index in [1.54, 1.807) is 31.7 Å². The average Bonchev–Trinajstić information content (AvgIpc) is 2.52. The van der Waals surface area contributed by atoms with Crippen molar-refractivity contribution >= 4 is 41.0 Å². The Balaban J connectivity index is 1.86. The smallest absolute Gasteiger partial charge is 0.329 e. The van der Waals surface area contributed by atoms with E-state index < -0.39 is 23.1 Å². The molecule has 0 aromatic heterocycles. The van der Waals surface area contributed by atoms with Crippen molar-refractivity contribution in [3.63, 3.8) is 0 Å². The maximum Gasteiger partial charge on any atom is 0.329 e. The third-order valence-electron chi connectivity index (χ3n) is 4.93. The van der Waals surface area contributed by atoms with Crippen LogP contribution in [-0.4, -0.2) is 41.8 Å². The average molecular weight is 368 g/mol. The Hall–Kier alpha value is -1.40. The number of rotatable bonds is 0. The predicted molar refractivity (Wildman–Crippen MR) is 92.3 cm³/mol. The molecule has 3 heterocycles. The number of hydrogen-bond acceptors (Lipinski definition) is 6. The second-order valence-electron chi connectivity index (χ2n) is 6.88. The summed E-state index contributed by atoms with van der Waals surface area (Å²) in [4.78, 5) is 28.0. The minimum Gasteiger partial charge on any atom is -0.422 e. The van der Waals surface area contributed by atoms with Crippen LogP contribution in [0, 0.1) is 5.41 Å². The van der Waals surface area contributed by atoms with Crippen molar-refractivity contribution < 1.29 is 19.1 Å². The van der Waals surface area contributed by atoms with Crippen LogP contribution in [0.4, 0.5) is 5.69 Å². The molecule has 1 unspecified atom stereocenters. The first-order valence-electron chi connectivity index (χ1n) is 7.93. The number of ether oxygens (including phenoxy) is 2. The van der Waals surface area contributed by atoms with Crippen LogP contribution < -0.4 is 4.90 Å². The molecule has 5 nitrogen and oxygen atoms in total. The molecular weight excluding hydrogens is 350 g/mol. The standard InChI is InChI=1S/C17H18ClNO4S/c1-16(2)22-14(20)17(15(21)23-16)8-10-3-4-11(18)7-12(10)19-5-6-24-9-13(17)19/h3-4,7,13H,5-6,8-9H2,1-2H3. The minimum absolute atomic E-state index is 0.279. The Kier molecular flexibility index (Phi) is 3.55. The third-order valence-corrected chi connectivity index (χ3v) is 6.19. The molecule has 0 bridgehead atoms. The van der Waals surface area contributed by atoms with Crippen molar-refractivity contribution in [2.75, 3.05) is 23.0 Å². The van der Waals surface area contributed by atoms with Crippen molar-refractivity contribution in [2.24, 2.45) is 5.41 Å². The molecule has 1 spiro atoms. The highest BCUT2D eigenvalue weighted by Crippen LogP contribution is 2.49. The Morgan fingerprint density at radius 1 is 1.25 bits per heavy atom. The molecule has 2 fully saturated rings. The van der Waals surface area contributed by atoms with Crippen LogP contribution in [0.25, 0.3) is 0 Å². The van der Waals surface area contributed by atoms with Crippen LogP contribution in [-0.2, 0) is 25.5 Å². The molecule has 0 saturated carbocycles. The van der Waals surface area contributed by atoms with E-state index in [1.165, 1.54) is 0 Å². The summed E-state index contributed by atoms with van der Waals surface area (Å²) in [6.45, 7) is 3.92. The van der Waals surface area contributed by atoms with Crippen LogP contribution in [0.1, 0.15) is 19.4 Å². The molecule has 3 aliphatic rings. The molecule has 0 amide bonds. The molecule has 0 N–H and O–H groups in total. The molecule has 1 atom stereocenters. The number of cyclic esters (lactones) is 2. The number of hydrogen-bond donors (Lipinski definition) is 0. The van der Waals surface area contributed by atoms with Gasteiger partial charge in [0.1, 0.15) is 0 Å². The summed E-state index contributed by atoms with van der Waals surface area (Å²) >= 11 is 7.91. The zero-order valence-corrected chi connectivity index (χ0v) is 15.1. The van der Waals surface area contributed by atoms with Gasteiger partial charge in [0.05, 0.1) is 6.04 Å². The number of carbonyl (C=O) groups excluding carboxylic acids is 2. The van der Waals surface area contributed by atoms with Gasteiger partial charge in [0.15, 0.2) is 5.41 Å². The molecule has 1 aromatic carbocycles. The highest BCUT2D eigenvalue weighted by molar-refractivity contribution is 7.99. The number of benzene rings is 1. The summed E-state index contributed by atoms with van der Waals surface area (Å²) in [5.41, 5.74) is 0.629. The first-order chi connectivity index (χ1) is 11.3. The van der Waals surface area contributed by atoms with E-state index in [0.29, 0.717) is 10.8 Å². The lowest BCUT2D eigenvalue weighted by atomic mass is 9.71. The van der Waals surface area contributed by atoms with Gasteiger partial charge in [-0.3, -0.25) is 9.59 Å². The van der Waals surface area contributed by atoms with Gasteiger partial charge in [-0.25, -0.2) is 0 Å². The summed E-state index contributed by atoms with van der Waals surface area (Å²) in [6.07, 6.45) is 0.287. The maximum absolute atomic E-state index is 12.9. The summed E-state index contributed by atoms with van der Waals surface area (Å²) in [5, 5.41) is 0.650. The SMILES string of the molecule is CC1(C)OC(=O)C2(Cc3ccc(Cl)cc3N3CCSCC32)C(=O)O1. The fourth-order valence-corrected chi connectivity index (χ4v) is 5.17. The first kappa shape index (κ1) is 16.1. The van der Waals surface area contributed by atoms with Crippen LogP contribution >= 0.6 is 23.4 Å². The molecule has 4 rings (SSSR count). The van der Waals surface area contributed by atoms with Gasteiger partial charge in [-0.1, -0.05) is 17.7 Å². The van der Waals surface area contributed by atoms with E-state index >= 15 is 0 Å². The van der Waals surface area contributed by atoms with Crippen LogP contribution in [0.3, 0.4) is 0 Å². The summed E-state index contributed by atoms with van der Waals surface area (Å²) in [6, 6.07) is 5.31. The van der Waals surface area contributed by atoms with Gasteiger partial charge < -0.3 is 14.4 Å². The number of nitrogens with zero attached hydrogens (tertiary/aromatic N) is 1. The van der Waals surface area contributed by atoms with E-state index in [2.05, 4.69) is 4.90 Å². The maximum atomic E-state index is 12.9. The Morgan fingerprint density at radius 2 is 1.96 bits per heavy atom. The van der Waals surface area contributed by atoms with E-state index in [1.807, 2.05) is 12.1 Å². The van der Waals surface area contributed by atoms with Crippen LogP contribution in [0.15, 0.2) is 18.2 Å². The largest absolute Gasteiger partial charge is 0.422 e. The Bertz CT molecular complexity index is 715. The fourth-order valence-electron chi connectivity index (χ4n) is 3.82. The molecule has 0 radical (unpaired) electrons. The zero-order valence-electron chi connectivity index (χ0n) is 13.5. The Morgan fingerprint density at radius 3 is 2.67 bits per heavy atom. The lowest BCUT2D eigenvalue weighted by Gasteiger charge is -2.52. The van der Waals surface area contributed by atoms with Crippen LogP contribution in [0.5, 0.6) is 0 Å². The van der Waals surface area contributed by atoms with Gasteiger partial charge in [0, 0.05) is 49.0 Å². The molecule has 24 heavy (non-hydrogen) atoms. The van der Waals surface area contributed by atoms with Crippen molar-refractivity contribution in [3.8, 4) is 0 Å². The van der Waals surface area contributed by atoms with E-state index in [9.17, 15) is 9.59 Å². The summed E-state index contributed by atoms with van der Waals surface area (Å²) in [5.74, 6) is -0.569. The fraction of sp³-hybridized carbons (Fsp3) is 0.529. The number of thioether (sulfide) groups is 1. The molecule has 128 valence electrons. The highest BCUT2D eigenvalue weighted by atomic mass is 35.5. The lowest BCUT2D eigenvalue weighted by molar-refractivity contribution is -0.252. The second-order valence-corrected chi connectivity index (χ2v) is 8.47. The van der Waals surface area contributed by atoms with Gasteiger partial charge in [0.2, 0.25) is 0 Å². The van der Waals surface area contributed by atoms with Gasteiger partial charge >= 0.3 is 11.9 Å². The summed E-state index contributed by atoms with van der Waals surface area (Å²) < 4.78 is 11.0. The number of fused-ring (bicyclic) bond motifs is 4. The van der Waals surface area contributed by atoms with Gasteiger partial charge in [-0.15, -0.1) is 0 Å². The third kappa shape index (κ3) is 2.23. The quantitative estimate of drug-likeness (QED) is 0.519. The van der Waals surface area contributed by atoms with Crippen molar-refractivity contribution in [2.45, 2.75) is 32.1 Å². The van der Waals surface area contributed by atoms with Crippen molar-refractivity contribution in [3.05, 3.63) is 28.8 Å². The number of carbonyl (C=O) groups is 2. The topological polar surface area (TPSA) is 55.8 Å². The lowest BCUT2D eigenvalue weighted by Crippen LogP contribution is -2.67. The van der Waals surface area contributed by atoms with Gasteiger partial charge in [-0.05, 0) is 17.7 Å². The predicted octanol–water partition coefficient (Wildman–Crippen LogP) is 2.64. The highest BCUT2D eigenvalue weighted by Gasteiger charge is 2.64. The number of anilines is 1. The normalized spacial score (nSPS) is 27.1. The van der Waals surface area contributed by atoms with Crippen molar-refractivity contribution in [1.82, 2.24) is 0 Å². The molecule has 7 heteroatoms. The van der Waals surface area contributed by atoms with Gasteiger partial charge in [-0.2, -0.15) is 11.8 Å². The number of halogens is 1. The molecule has 1 aromatic rings. The van der Waals surface area contributed by atoms with Crippen molar-refractivity contribution in [1.29, 1.82) is 0 Å².